The lowest BCUT2D eigenvalue weighted by Gasteiger charge is -2.15. The van der Waals surface area contributed by atoms with Gasteiger partial charge in [0.25, 0.3) is 0 Å². The van der Waals surface area contributed by atoms with E-state index in [0.29, 0.717) is 11.5 Å². The van der Waals surface area contributed by atoms with Crippen molar-refractivity contribution in [2.24, 2.45) is 0 Å². The Morgan fingerprint density at radius 2 is 1.29 bits per heavy atom. The highest BCUT2D eigenvalue weighted by Gasteiger charge is 2.07. The summed E-state index contributed by atoms with van der Waals surface area (Å²) in [6.45, 7) is 3.70. The Balaban J connectivity index is 2.80. The van der Waals surface area contributed by atoms with Crippen molar-refractivity contribution >= 4 is 25.3 Å². The van der Waals surface area contributed by atoms with Crippen molar-refractivity contribution in [1.82, 2.24) is 0 Å². The van der Waals surface area contributed by atoms with E-state index in [-0.39, 0.29) is 10.9 Å². The van der Waals surface area contributed by atoms with E-state index in [0.717, 1.165) is 0 Å². The number of para-hydroxylation sites is 2. The normalized spacial score (nSPS) is 14.6. The maximum absolute atomic E-state index is 5.45. The minimum absolute atomic E-state index is 0.157. The first-order valence-electron chi connectivity index (χ1n) is 4.38. The van der Waals surface area contributed by atoms with E-state index in [1.54, 1.807) is 0 Å². The van der Waals surface area contributed by atoms with Crippen LogP contribution in [0.4, 0.5) is 0 Å². The summed E-state index contributed by atoms with van der Waals surface area (Å²) < 4.78 is 10.9. The smallest absolute Gasteiger partial charge is 0.162 e. The molecule has 0 N–H and O–H groups in total. The molecule has 0 saturated carbocycles. The van der Waals surface area contributed by atoms with E-state index >= 15 is 0 Å². The minimum atomic E-state index is -0.157. The van der Waals surface area contributed by atoms with E-state index in [4.69, 9.17) is 9.47 Å². The van der Waals surface area contributed by atoms with E-state index in [1.165, 1.54) is 0 Å². The van der Waals surface area contributed by atoms with Crippen molar-refractivity contribution in [3.05, 3.63) is 24.3 Å². The summed E-state index contributed by atoms with van der Waals surface area (Å²) in [6, 6.07) is 7.47. The van der Waals surface area contributed by atoms with E-state index in [9.17, 15) is 0 Å². The van der Waals surface area contributed by atoms with E-state index < -0.39 is 0 Å². The van der Waals surface area contributed by atoms with Crippen LogP contribution in [0.2, 0.25) is 0 Å². The Kier molecular flexibility index (Phi) is 4.48. The minimum Gasteiger partial charge on any atom is -0.476 e. The predicted octanol–water partition coefficient (Wildman–Crippen LogP) is 3.00. The summed E-state index contributed by atoms with van der Waals surface area (Å²) in [5, 5.41) is 0. The summed E-state index contributed by atoms with van der Waals surface area (Å²) in [7, 11) is 0. The van der Waals surface area contributed by atoms with Gasteiger partial charge >= 0.3 is 0 Å². The molecule has 0 aliphatic heterocycles. The molecule has 0 bridgehead atoms. The molecule has 0 amide bonds. The van der Waals surface area contributed by atoms with Crippen molar-refractivity contribution in [2.45, 2.75) is 24.7 Å². The van der Waals surface area contributed by atoms with Gasteiger partial charge in [0, 0.05) is 0 Å². The molecule has 78 valence electrons. The zero-order valence-electron chi connectivity index (χ0n) is 8.18. The third-order valence-corrected chi connectivity index (χ3v) is 1.66. The Bertz CT molecular complexity index is 258. The largest absolute Gasteiger partial charge is 0.476 e. The number of ether oxygens (including phenoxy) is 2. The maximum Gasteiger partial charge on any atom is 0.162 e. The van der Waals surface area contributed by atoms with Crippen LogP contribution in [0, 0.1) is 0 Å². The fraction of sp³-hybridized carbons (Fsp3) is 0.400. The number of thiol groups is 2. The van der Waals surface area contributed by atoms with Gasteiger partial charge in [-0.2, -0.15) is 0 Å². The van der Waals surface area contributed by atoms with Crippen LogP contribution in [0.1, 0.15) is 13.8 Å². The van der Waals surface area contributed by atoms with Crippen LogP contribution in [-0.4, -0.2) is 10.9 Å². The van der Waals surface area contributed by atoms with Crippen molar-refractivity contribution < 1.29 is 9.47 Å². The van der Waals surface area contributed by atoms with Gasteiger partial charge in [0.05, 0.1) is 0 Å². The Hall–Kier alpha value is -0.480. The van der Waals surface area contributed by atoms with Gasteiger partial charge in [-0.1, -0.05) is 12.1 Å². The van der Waals surface area contributed by atoms with Gasteiger partial charge < -0.3 is 9.47 Å². The lowest BCUT2D eigenvalue weighted by atomic mass is 10.3. The van der Waals surface area contributed by atoms with E-state index in [2.05, 4.69) is 25.3 Å². The molecule has 0 fully saturated rings. The highest BCUT2D eigenvalue weighted by atomic mass is 32.1. The molecule has 1 aromatic carbocycles. The average Bonchev–Trinajstić information content (AvgIpc) is 2.06. The second kappa shape index (κ2) is 5.41. The molecule has 0 saturated heterocycles. The maximum atomic E-state index is 5.45. The predicted molar refractivity (Wildman–Crippen MR) is 64.6 cm³/mol. The zero-order chi connectivity index (χ0) is 10.6. The topological polar surface area (TPSA) is 18.5 Å². The monoisotopic (exact) mass is 230 g/mol. The molecule has 0 aliphatic carbocycles. The molecule has 4 heteroatoms. The Morgan fingerprint density at radius 3 is 1.57 bits per heavy atom. The van der Waals surface area contributed by atoms with Crippen molar-refractivity contribution in [3.63, 3.8) is 0 Å². The SMILES string of the molecule is CC(S)Oc1ccccc1OC(C)S. The third-order valence-electron chi connectivity index (χ3n) is 1.44. The number of rotatable bonds is 4. The van der Waals surface area contributed by atoms with Gasteiger partial charge in [-0.05, 0) is 26.0 Å². The molecular weight excluding hydrogens is 216 g/mol. The molecule has 1 aromatic rings. The second-order valence-corrected chi connectivity index (χ2v) is 4.34. The summed E-state index contributed by atoms with van der Waals surface area (Å²) in [4.78, 5) is 0. The molecule has 0 spiro atoms. The molecule has 14 heavy (non-hydrogen) atoms. The lowest BCUT2D eigenvalue weighted by Crippen LogP contribution is -2.07. The average molecular weight is 230 g/mol. The highest BCUT2D eigenvalue weighted by Crippen LogP contribution is 2.29. The summed E-state index contributed by atoms with van der Waals surface area (Å²) in [6.07, 6.45) is 0. The van der Waals surface area contributed by atoms with Gasteiger partial charge in [-0.3, -0.25) is 0 Å². The molecule has 2 unspecified atom stereocenters. The number of benzene rings is 1. The van der Waals surface area contributed by atoms with Gasteiger partial charge in [0.1, 0.15) is 10.9 Å². The first kappa shape index (κ1) is 11.6. The lowest BCUT2D eigenvalue weighted by molar-refractivity contribution is 0.260. The molecule has 0 aliphatic rings. The van der Waals surface area contributed by atoms with Gasteiger partial charge in [-0.15, -0.1) is 25.3 Å². The molecule has 0 radical (unpaired) electrons. The van der Waals surface area contributed by atoms with Crippen molar-refractivity contribution in [2.75, 3.05) is 0 Å². The first-order valence-corrected chi connectivity index (χ1v) is 5.41. The van der Waals surface area contributed by atoms with Gasteiger partial charge in [-0.25, -0.2) is 0 Å². The van der Waals surface area contributed by atoms with Crippen LogP contribution in [-0.2, 0) is 0 Å². The highest BCUT2D eigenvalue weighted by molar-refractivity contribution is 7.80. The Labute approximate surface area is 95.4 Å². The number of hydrogen-bond acceptors (Lipinski definition) is 4. The summed E-state index contributed by atoms with van der Waals surface area (Å²) in [5.74, 6) is 1.38. The van der Waals surface area contributed by atoms with Crippen LogP contribution >= 0.6 is 25.3 Å². The van der Waals surface area contributed by atoms with Crippen LogP contribution < -0.4 is 9.47 Å². The zero-order valence-corrected chi connectivity index (χ0v) is 9.96. The first-order chi connectivity index (χ1) is 6.59. The molecule has 2 nitrogen and oxygen atoms in total. The molecule has 1 rings (SSSR count). The van der Waals surface area contributed by atoms with Crippen LogP contribution in [0.3, 0.4) is 0 Å². The summed E-state index contributed by atoms with van der Waals surface area (Å²) in [5.41, 5.74) is -0.315. The van der Waals surface area contributed by atoms with E-state index in [1.807, 2.05) is 38.1 Å². The molecule has 2 atom stereocenters. The second-order valence-electron chi connectivity index (χ2n) is 2.88. The van der Waals surface area contributed by atoms with Crippen LogP contribution in [0.5, 0.6) is 11.5 Å². The van der Waals surface area contributed by atoms with Gasteiger partial charge in [0.15, 0.2) is 11.5 Å². The fourth-order valence-corrected chi connectivity index (χ4v) is 1.24. The number of hydrogen-bond donors (Lipinski definition) is 2. The van der Waals surface area contributed by atoms with Gasteiger partial charge in [0.2, 0.25) is 0 Å². The molecular formula is C10H14O2S2. The molecule has 0 heterocycles. The summed E-state index contributed by atoms with van der Waals surface area (Å²) >= 11 is 8.30. The van der Waals surface area contributed by atoms with Crippen LogP contribution in [0.15, 0.2) is 24.3 Å². The third kappa shape index (κ3) is 3.72. The van der Waals surface area contributed by atoms with Crippen molar-refractivity contribution in [1.29, 1.82) is 0 Å². The Morgan fingerprint density at radius 1 is 0.929 bits per heavy atom. The standard InChI is InChI=1S/C10H14O2S2/c1-7(13)11-9-5-3-4-6-10(9)12-8(2)14/h3-8,13-14H,1-2H3. The van der Waals surface area contributed by atoms with Crippen molar-refractivity contribution in [3.8, 4) is 11.5 Å². The fourth-order valence-electron chi connectivity index (χ4n) is 1.01. The molecule has 0 aromatic heterocycles. The van der Waals surface area contributed by atoms with Crippen LogP contribution in [0.25, 0.3) is 0 Å². The quantitative estimate of drug-likeness (QED) is 0.612.